The Morgan fingerprint density at radius 3 is 2.74 bits per heavy atom. The van der Waals surface area contributed by atoms with E-state index in [9.17, 15) is 12.8 Å². The molecule has 0 amide bonds. The highest BCUT2D eigenvalue weighted by atomic mass is 32.2. The highest BCUT2D eigenvalue weighted by Gasteiger charge is 2.33. The van der Waals surface area contributed by atoms with Crippen LogP contribution in [-0.2, 0) is 16.4 Å². The highest BCUT2D eigenvalue weighted by molar-refractivity contribution is 7.88. The van der Waals surface area contributed by atoms with Crippen molar-refractivity contribution < 1.29 is 12.8 Å². The lowest BCUT2D eigenvalue weighted by Gasteiger charge is -2.22. The maximum absolute atomic E-state index is 13.8. The predicted octanol–water partition coefficient (Wildman–Crippen LogP) is 2.91. The maximum Gasteiger partial charge on any atom is 0.211 e. The van der Waals surface area contributed by atoms with Gasteiger partial charge in [-0.25, -0.2) is 12.8 Å². The second-order valence-electron chi connectivity index (χ2n) is 5.85. The second-order valence-corrected chi connectivity index (χ2v) is 7.79. The topological polar surface area (TPSA) is 50.3 Å². The summed E-state index contributed by atoms with van der Waals surface area (Å²) in [6.07, 6.45) is 3.22. The van der Waals surface area contributed by atoms with Crippen molar-refractivity contribution >= 4 is 10.0 Å². The van der Waals surface area contributed by atoms with Crippen molar-refractivity contribution in [3.63, 3.8) is 0 Å². The van der Waals surface area contributed by atoms with Crippen molar-refractivity contribution in [2.75, 3.05) is 12.8 Å². The number of hydrogen-bond acceptors (Lipinski definition) is 3. The SMILES string of the molecule is CS(=O)(=O)N1CCCC1c1cccc(Cc2ccccc2F)n1. The maximum atomic E-state index is 13.8. The minimum atomic E-state index is -3.24. The first-order valence-electron chi connectivity index (χ1n) is 7.61. The van der Waals surface area contributed by atoms with Crippen LogP contribution in [0.4, 0.5) is 4.39 Å². The quantitative estimate of drug-likeness (QED) is 0.864. The fourth-order valence-electron chi connectivity index (χ4n) is 3.05. The van der Waals surface area contributed by atoms with E-state index in [2.05, 4.69) is 4.98 Å². The molecule has 23 heavy (non-hydrogen) atoms. The van der Waals surface area contributed by atoms with E-state index in [1.165, 1.54) is 16.6 Å². The predicted molar refractivity (Wildman–Crippen MR) is 87.0 cm³/mol. The van der Waals surface area contributed by atoms with Gasteiger partial charge in [0, 0.05) is 18.7 Å². The normalized spacial score (nSPS) is 19.1. The molecular weight excluding hydrogens is 315 g/mol. The molecule has 1 aromatic heterocycles. The number of sulfonamides is 1. The van der Waals surface area contributed by atoms with Gasteiger partial charge in [0.25, 0.3) is 0 Å². The number of pyridine rings is 1. The minimum Gasteiger partial charge on any atom is -0.256 e. The Kier molecular flexibility index (Phi) is 4.46. The Labute approximate surface area is 136 Å². The average molecular weight is 334 g/mol. The monoisotopic (exact) mass is 334 g/mol. The molecule has 122 valence electrons. The molecule has 0 N–H and O–H groups in total. The zero-order chi connectivity index (χ0) is 16.4. The molecule has 3 rings (SSSR count). The summed E-state index contributed by atoms with van der Waals surface area (Å²) in [7, 11) is -3.24. The molecule has 2 heterocycles. The van der Waals surface area contributed by atoms with E-state index in [1.54, 1.807) is 18.2 Å². The number of rotatable bonds is 4. The average Bonchev–Trinajstić information content (AvgIpc) is 3.00. The molecule has 0 spiro atoms. The van der Waals surface area contributed by atoms with Crippen molar-refractivity contribution in [2.45, 2.75) is 25.3 Å². The third kappa shape index (κ3) is 3.59. The smallest absolute Gasteiger partial charge is 0.211 e. The van der Waals surface area contributed by atoms with Gasteiger partial charge in [0.05, 0.1) is 18.0 Å². The zero-order valence-corrected chi connectivity index (χ0v) is 13.8. The largest absolute Gasteiger partial charge is 0.256 e. The van der Waals surface area contributed by atoms with Gasteiger partial charge in [-0.05, 0) is 36.6 Å². The molecule has 1 unspecified atom stereocenters. The van der Waals surface area contributed by atoms with Crippen molar-refractivity contribution in [3.05, 3.63) is 65.2 Å². The molecule has 0 aliphatic carbocycles. The molecule has 2 aromatic rings. The van der Waals surface area contributed by atoms with E-state index in [0.717, 1.165) is 24.2 Å². The highest BCUT2D eigenvalue weighted by Crippen LogP contribution is 2.32. The summed E-state index contributed by atoms with van der Waals surface area (Å²) >= 11 is 0. The molecule has 4 nitrogen and oxygen atoms in total. The van der Waals surface area contributed by atoms with Gasteiger partial charge in [-0.1, -0.05) is 24.3 Å². The summed E-state index contributed by atoms with van der Waals surface area (Å²) < 4.78 is 39.1. The van der Waals surface area contributed by atoms with Gasteiger partial charge in [-0.15, -0.1) is 0 Å². The standard InChI is InChI=1S/C17H19FN2O2S/c1-23(21,22)20-11-5-10-17(20)16-9-4-7-14(19-16)12-13-6-2-3-8-15(13)18/h2-4,6-9,17H,5,10-12H2,1H3. The van der Waals surface area contributed by atoms with Crippen LogP contribution < -0.4 is 0 Å². The Hall–Kier alpha value is -1.79. The van der Waals surface area contributed by atoms with Gasteiger partial charge in [0.15, 0.2) is 0 Å². The number of hydrogen-bond donors (Lipinski definition) is 0. The van der Waals surface area contributed by atoms with E-state index < -0.39 is 10.0 Å². The number of nitrogens with zero attached hydrogens (tertiary/aromatic N) is 2. The summed E-state index contributed by atoms with van der Waals surface area (Å²) in [4.78, 5) is 4.58. The Morgan fingerprint density at radius 2 is 2.00 bits per heavy atom. The van der Waals surface area contributed by atoms with Crippen LogP contribution in [-0.4, -0.2) is 30.5 Å². The molecule has 1 saturated heterocycles. The third-order valence-corrected chi connectivity index (χ3v) is 5.42. The van der Waals surface area contributed by atoms with Gasteiger partial charge in [0.2, 0.25) is 10.0 Å². The van der Waals surface area contributed by atoms with Crippen LogP contribution in [0.25, 0.3) is 0 Å². The lowest BCUT2D eigenvalue weighted by molar-refractivity contribution is 0.393. The van der Waals surface area contributed by atoms with Gasteiger partial charge in [0.1, 0.15) is 5.82 Å². The molecule has 0 saturated carbocycles. The molecule has 6 heteroatoms. The summed E-state index contributed by atoms with van der Waals surface area (Å²) in [6.45, 7) is 0.530. The van der Waals surface area contributed by atoms with Crippen LogP contribution >= 0.6 is 0 Å². The molecular formula is C17H19FN2O2S. The fourth-order valence-corrected chi connectivity index (χ4v) is 4.19. The molecule has 0 radical (unpaired) electrons. The van der Waals surface area contributed by atoms with E-state index in [-0.39, 0.29) is 11.9 Å². The van der Waals surface area contributed by atoms with Crippen LogP contribution in [0.3, 0.4) is 0 Å². The van der Waals surface area contributed by atoms with Crippen molar-refractivity contribution in [1.29, 1.82) is 0 Å². The van der Waals surface area contributed by atoms with E-state index in [1.807, 2.05) is 18.2 Å². The van der Waals surface area contributed by atoms with Crippen LogP contribution in [0, 0.1) is 5.82 Å². The summed E-state index contributed by atoms with van der Waals surface area (Å²) in [5.74, 6) is -0.252. The van der Waals surface area contributed by atoms with Gasteiger partial charge in [-0.3, -0.25) is 4.98 Å². The van der Waals surface area contributed by atoms with Gasteiger partial charge >= 0.3 is 0 Å². The van der Waals surface area contributed by atoms with E-state index >= 15 is 0 Å². The lowest BCUT2D eigenvalue weighted by atomic mass is 10.1. The fraction of sp³-hybridized carbons (Fsp3) is 0.353. The van der Waals surface area contributed by atoms with Gasteiger partial charge < -0.3 is 0 Å². The van der Waals surface area contributed by atoms with Crippen molar-refractivity contribution in [2.24, 2.45) is 0 Å². The number of halogens is 1. The second kappa shape index (κ2) is 6.37. The molecule has 1 fully saturated rings. The Balaban J connectivity index is 1.87. The molecule has 0 bridgehead atoms. The summed E-state index contributed by atoms with van der Waals surface area (Å²) in [5.41, 5.74) is 2.07. The van der Waals surface area contributed by atoms with Crippen LogP contribution in [0.1, 0.15) is 35.8 Å². The minimum absolute atomic E-state index is 0.217. The molecule has 1 aromatic carbocycles. The zero-order valence-electron chi connectivity index (χ0n) is 12.9. The van der Waals surface area contributed by atoms with E-state index in [0.29, 0.717) is 18.5 Å². The number of benzene rings is 1. The van der Waals surface area contributed by atoms with Crippen molar-refractivity contribution in [1.82, 2.24) is 9.29 Å². The first kappa shape index (κ1) is 16.1. The van der Waals surface area contributed by atoms with E-state index in [4.69, 9.17) is 0 Å². The first-order chi connectivity index (χ1) is 10.9. The third-order valence-electron chi connectivity index (χ3n) is 4.13. The Bertz CT molecular complexity index is 808. The summed E-state index contributed by atoms with van der Waals surface area (Å²) in [5, 5.41) is 0. The van der Waals surface area contributed by atoms with Gasteiger partial charge in [-0.2, -0.15) is 4.31 Å². The van der Waals surface area contributed by atoms with Crippen LogP contribution in [0.15, 0.2) is 42.5 Å². The Morgan fingerprint density at radius 1 is 1.22 bits per heavy atom. The summed E-state index contributed by atoms with van der Waals surface area (Å²) in [6, 6.07) is 12.0. The van der Waals surface area contributed by atoms with Crippen LogP contribution in [0.5, 0.6) is 0 Å². The molecule has 1 aliphatic heterocycles. The molecule has 1 aliphatic rings. The number of aromatic nitrogens is 1. The van der Waals surface area contributed by atoms with Crippen molar-refractivity contribution in [3.8, 4) is 0 Å². The lowest BCUT2D eigenvalue weighted by Crippen LogP contribution is -2.30. The van der Waals surface area contributed by atoms with Crippen LogP contribution in [0.2, 0.25) is 0 Å². The first-order valence-corrected chi connectivity index (χ1v) is 9.46. The molecule has 1 atom stereocenters.